The lowest BCUT2D eigenvalue weighted by Crippen LogP contribution is -2.41. The third-order valence-electron chi connectivity index (χ3n) is 3.04. The highest BCUT2D eigenvalue weighted by Crippen LogP contribution is 2.19. The van der Waals surface area contributed by atoms with E-state index in [0.717, 1.165) is 11.0 Å². The maximum Gasteiger partial charge on any atom is 0.326 e. The first-order chi connectivity index (χ1) is 9.36. The quantitative estimate of drug-likeness (QED) is 0.489. The second-order valence-electron chi connectivity index (χ2n) is 4.58. The summed E-state index contributed by atoms with van der Waals surface area (Å²) in [6.45, 7) is -0.0801. The van der Waals surface area contributed by atoms with Crippen molar-refractivity contribution in [3.63, 3.8) is 0 Å². The highest BCUT2D eigenvalue weighted by atomic mass is 16.4. The lowest BCUT2D eigenvalue weighted by molar-refractivity contribution is -0.148. The van der Waals surface area contributed by atoms with Gasteiger partial charge in [0.2, 0.25) is 5.91 Å². The summed E-state index contributed by atoms with van der Waals surface area (Å²) >= 11 is 0. The number of carboxylic acids is 1. The number of aromatic nitrogens is 2. The summed E-state index contributed by atoms with van der Waals surface area (Å²) in [5.74, 6) is -1.77. The average molecular weight is 283 g/mol. The third-order valence-corrected chi connectivity index (χ3v) is 3.04. The number of β-amino-alcohol motifs (C(OH)–C–C–N with tert-alkyl or cyclic N) is 1. The number of carboxylic acid groups (broad SMARTS) is 1. The van der Waals surface area contributed by atoms with Crippen molar-refractivity contribution in [1.82, 2.24) is 14.9 Å². The number of H-pyrrole nitrogens is 2. The van der Waals surface area contributed by atoms with Gasteiger partial charge in [0.25, 0.3) is 5.56 Å². The van der Waals surface area contributed by atoms with Gasteiger partial charge in [0, 0.05) is 24.7 Å². The molecule has 0 bridgehead atoms. The molecular weight excluding hydrogens is 270 g/mol. The van der Waals surface area contributed by atoms with Crippen LogP contribution in [-0.4, -0.2) is 55.6 Å². The van der Waals surface area contributed by atoms with Crippen LogP contribution in [0.3, 0.4) is 0 Å². The Balaban J connectivity index is 2.17. The highest BCUT2D eigenvalue weighted by Gasteiger charge is 2.38. The number of aliphatic hydroxyl groups excluding tert-OH is 1. The summed E-state index contributed by atoms with van der Waals surface area (Å²) in [5.41, 5.74) is -1.29. The maximum absolute atomic E-state index is 12.0. The molecule has 1 saturated heterocycles. The van der Waals surface area contributed by atoms with Gasteiger partial charge < -0.3 is 20.1 Å². The number of hydrogen-bond acceptors (Lipinski definition) is 5. The summed E-state index contributed by atoms with van der Waals surface area (Å²) in [7, 11) is 0. The molecule has 2 atom stereocenters. The SMILES string of the molecule is O=C(O)[C@H]1C[C@@H](O)CN1C(=O)Cc1cc(=O)[nH]c(=O)[nH]1. The Hall–Kier alpha value is -2.42. The van der Waals surface area contributed by atoms with Crippen molar-refractivity contribution >= 4 is 11.9 Å². The molecule has 1 aliphatic rings. The van der Waals surface area contributed by atoms with Crippen LogP contribution in [0.5, 0.6) is 0 Å². The van der Waals surface area contributed by atoms with Crippen LogP contribution >= 0.6 is 0 Å². The van der Waals surface area contributed by atoms with Crippen molar-refractivity contribution in [2.75, 3.05) is 6.54 Å². The molecule has 20 heavy (non-hydrogen) atoms. The van der Waals surface area contributed by atoms with Gasteiger partial charge in [0.1, 0.15) is 6.04 Å². The molecule has 1 fully saturated rings. The fraction of sp³-hybridized carbons (Fsp3) is 0.455. The Morgan fingerprint density at radius 2 is 2.05 bits per heavy atom. The van der Waals surface area contributed by atoms with Crippen molar-refractivity contribution in [3.8, 4) is 0 Å². The molecule has 2 rings (SSSR count). The zero-order valence-corrected chi connectivity index (χ0v) is 10.3. The van der Waals surface area contributed by atoms with Gasteiger partial charge in [-0.1, -0.05) is 0 Å². The van der Waals surface area contributed by atoms with Crippen LogP contribution < -0.4 is 11.2 Å². The van der Waals surface area contributed by atoms with Crippen LogP contribution in [0.1, 0.15) is 12.1 Å². The normalized spacial score (nSPS) is 21.9. The summed E-state index contributed by atoms with van der Waals surface area (Å²) in [6.07, 6.45) is -1.24. The Labute approximate surface area is 111 Å². The number of nitrogens with one attached hydrogen (secondary N) is 2. The van der Waals surface area contributed by atoms with Crippen LogP contribution in [0, 0.1) is 0 Å². The maximum atomic E-state index is 12.0. The molecule has 1 aromatic rings. The standard InChI is InChI=1S/C11H13N3O6/c15-6-3-7(10(18)19)14(4-6)9(17)2-5-1-8(16)13-11(20)12-5/h1,6-7,15H,2-4H2,(H,18,19)(H2,12,13,16,20)/t6-,7-/m1/s1. The topological polar surface area (TPSA) is 144 Å². The minimum Gasteiger partial charge on any atom is -0.480 e. The van der Waals surface area contributed by atoms with E-state index in [2.05, 4.69) is 4.98 Å². The summed E-state index contributed by atoms with van der Waals surface area (Å²) < 4.78 is 0. The second kappa shape index (κ2) is 5.29. The number of aliphatic carboxylic acids is 1. The molecule has 1 amide bonds. The fourth-order valence-electron chi connectivity index (χ4n) is 2.20. The van der Waals surface area contributed by atoms with Gasteiger partial charge in [-0.2, -0.15) is 0 Å². The van der Waals surface area contributed by atoms with Crippen molar-refractivity contribution in [2.45, 2.75) is 25.0 Å². The van der Waals surface area contributed by atoms with E-state index < -0.39 is 35.3 Å². The molecule has 1 aromatic heterocycles. The van der Waals surface area contributed by atoms with E-state index in [1.807, 2.05) is 4.98 Å². The number of aliphatic hydroxyl groups is 1. The van der Waals surface area contributed by atoms with Gasteiger partial charge in [-0.3, -0.25) is 14.6 Å². The number of carbonyl (C=O) groups excluding carboxylic acids is 1. The monoisotopic (exact) mass is 283 g/mol. The Morgan fingerprint density at radius 1 is 1.35 bits per heavy atom. The second-order valence-corrected chi connectivity index (χ2v) is 4.58. The Bertz CT molecular complexity index is 620. The molecule has 0 saturated carbocycles. The largest absolute Gasteiger partial charge is 0.480 e. The zero-order chi connectivity index (χ0) is 14.9. The van der Waals surface area contributed by atoms with E-state index >= 15 is 0 Å². The van der Waals surface area contributed by atoms with Crippen molar-refractivity contribution in [3.05, 3.63) is 32.6 Å². The van der Waals surface area contributed by atoms with Crippen molar-refractivity contribution in [1.29, 1.82) is 0 Å². The zero-order valence-electron chi connectivity index (χ0n) is 10.3. The molecule has 2 heterocycles. The lowest BCUT2D eigenvalue weighted by atomic mass is 10.2. The number of amides is 1. The number of rotatable bonds is 3. The molecule has 9 heteroatoms. The van der Waals surface area contributed by atoms with Gasteiger partial charge in [0.05, 0.1) is 12.5 Å². The molecule has 9 nitrogen and oxygen atoms in total. The van der Waals surface area contributed by atoms with Crippen molar-refractivity contribution < 1.29 is 19.8 Å². The summed E-state index contributed by atoms with van der Waals surface area (Å²) in [6, 6.07) is -0.0343. The Kier molecular flexibility index (Phi) is 3.70. The predicted octanol–water partition coefficient (Wildman–Crippen LogP) is -2.35. The molecule has 0 spiro atoms. The minimum atomic E-state index is -1.20. The van der Waals surface area contributed by atoms with E-state index in [1.165, 1.54) is 0 Å². The lowest BCUT2D eigenvalue weighted by Gasteiger charge is -2.20. The smallest absolute Gasteiger partial charge is 0.326 e. The summed E-state index contributed by atoms with van der Waals surface area (Å²) in [4.78, 5) is 50.5. The van der Waals surface area contributed by atoms with E-state index in [9.17, 15) is 24.3 Å². The van der Waals surface area contributed by atoms with Crippen LogP contribution in [0.15, 0.2) is 15.7 Å². The molecule has 0 aliphatic carbocycles. The van der Waals surface area contributed by atoms with Crippen LogP contribution in [-0.2, 0) is 16.0 Å². The van der Waals surface area contributed by atoms with E-state index in [4.69, 9.17) is 5.11 Å². The number of hydrogen-bond donors (Lipinski definition) is 4. The predicted molar refractivity (Wildman–Crippen MR) is 65.1 cm³/mol. The highest BCUT2D eigenvalue weighted by molar-refractivity contribution is 5.85. The van der Waals surface area contributed by atoms with Gasteiger partial charge in [0.15, 0.2) is 0 Å². The molecule has 1 aliphatic heterocycles. The van der Waals surface area contributed by atoms with E-state index in [-0.39, 0.29) is 25.1 Å². The van der Waals surface area contributed by atoms with E-state index in [1.54, 1.807) is 0 Å². The van der Waals surface area contributed by atoms with Crippen LogP contribution in [0.2, 0.25) is 0 Å². The number of likely N-dealkylation sites (tertiary alicyclic amines) is 1. The molecule has 0 aromatic carbocycles. The minimum absolute atomic E-state index is 0.0348. The number of nitrogens with zero attached hydrogens (tertiary/aromatic N) is 1. The Morgan fingerprint density at radius 3 is 2.65 bits per heavy atom. The van der Waals surface area contributed by atoms with Crippen LogP contribution in [0.25, 0.3) is 0 Å². The van der Waals surface area contributed by atoms with E-state index in [0.29, 0.717) is 0 Å². The van der Waals surface area contributed by atoms with Gasteiger partial charge in [-0.25, -0.2) is 9.59 Å². The van der Waals surface area contributed by atoms with Gasteiger partial charge in [-0.05, 0) is 0 Å². The first-order valence-electron chi connectivity index (χ1n) is 5.89. The molecule has 4 N–H and O–H groups in total. The number of aromatic amines is 2. The van der Waals surface area contributed by atoms with Gasteiger partial charge in [-0.15, -0.1) is 0 Å². The third kappa shape index (κ3) is 2.94. The first-order valence-corrected chi connectivity index (χ1v) is 5.89. The number of carbonyl (C=O) groups is 2. The summed E-state index contributed by atoms with van der Waals surface area (Å²) in [5, 5.41) is 18.4. The van der Waals surface area contributed by atoms with Crippen LogP contribution in [0.4, 0.5) is 0 Å². The molecule has 0 unspecified atom stereocenters. The molecular formula is C11H13N3O6. The average Bonchev–Trinajstić information content (AvgIpc) is 2.70. The first kappa shape index (κ1) is 14.0. The molecule has 0 radical (unpaired) electrons. The van der Waals surface area contributed by atoms with Gasteiger partial charge >= 0.3 is 11.7 Å². The van der Waals surface area contributed by atoms with Crippen molar-refractivity contribution in [2.24, 2.45) is 0 Å². The molecule has 108 valence electrons. The fourth-order valence-corrected chi connectivity index (χ4v) is 2.20.